The van der Waals surface area contributed by atoms with E-state index in [0.717, 1.165) is 62.6 Å². The van der Waals surface area contributed by atoms with Crippen LogP contribution >= 0.6 is 24.0 Å². The van der Waals surface area contributed by atoms with Crippen molar-refractivity contribution < 1.29 is 4.52 Å². The van der Waals surface area contributed by atoms with Gasteiger partial charge in [-0.2, -0.15) is 4.98 Å². The minimum absolute atomic E-state index is 0. The molecule has 3 rings (SSSR count). The number of hydrogen-bond donors (Lipinski definition) is 1. The van der Waals surface area contributed by atoms with E-state index in [1.54, 1.807) is 0 Å². The van der Waals surface area contributed by atoms with Crippen molar-refractivity contribution in [1.82, 2.24) is 20.4 Å². The molecule has 0 atom stereocenters. The molecule has 6 nitrogen and oxygen atoms in total. The average molecular weight is 525 g/mol. The first-order valence-electron chi connectivity index (χ1n) is 11.0. The van der Waals surface area contributed by atoms with Crippen molar-refractivity contribution in [1.29, 1.82) is 0 Å². The zero-order chi connectivity index (χ0) is 20.5. The number of aromatic nitrogens is 2. The molecule has 0 unspecified atom stereocenters. The van der Waals surface area contributed by atoms with Gasteiger partial charge in [0.25, 0.3) is 0 Å². The molecule has 0 spiro atoms. The van der Waals surface area contributed by atoms with Crippen molar-refractivity contribution in [2.45, 2.75) is 58.8 Å². The second-order valence-corrected chi connectivity index (χ2v) is 8.16. The Morgan fingerprint density at radius 2 is 1.97 bits per heavy atom. The molecule has 1 fully saturated rings. The van der Waals surface area contributed by atoms with E-state index in [1.165, 1.54) is 24.8 Å². The summed E-state index contributed by atoms with van der Waals surface area (Å²) in [4.78, 5) is 11.7. The van der Waals surface area contributed by atoms with E-state index in [2.05, 4.69) is 71.5 Å². The SMILES string of the molecule is CCNC(=NCCCc1nc(C(C)C)no1)N1CCC(Cc2ccccc2)CC1.I. The summed E-state index contributed by atoms with van der Waals surface area (Å²) in [5.74, 6) is 3.62. The van der Waals surface area contributed by atoms with Crippen LogP contribution in [0.5, 0.6) is 0 Å². The van der Waals surface area contributed by atoms with E-state index in [-0.39, 0.29) is 24.0 Å². The molecule has 2 heterocycles. The Kier molecular flexibility index (Phi) is 10.6. The van der Waals surface area contributed by atoms with Crippen LogP contribution in [0.3, 0.4) is 0 Å². The lowest BCUT2D eigenvalue weighted by atomic mass is 9.90. The lowest BCUT2D eigenvalue weighted by Crippen LogP contribution is -2.46. The Bertz CT molecular complexity index is 754. The van der Waals surface area contributed by atoms with Crippen LogP contribution in [-0.4, -0.2) is 47.2 Å². The molecule has 0 bridgehead atoms. The van der Waals surface area contributed by atoms with Crippen LogP contribution in [0.1, 0.15) is 63.2 Å². The van der Waals surface area contributed by atoms with Gasteiger partial charge in [0.2, 0.25) is 5.89 Å². The molecule has 1 saturated heterocycles. The fourth-order valence-corrected chi connectivity index (χ4v) is 3.74. The zero-order valence-electron chi connectivity index (χ0n) is 18.5. The summed E-state index contributed by atoms with van der Waals surface area (Å²) in [5.41, 5.74) is 1.45. The van der Waals surface area contributed by atoms with Gasteiger partial charge in [-0.25, -0.2) is 0 Å². The second-order valence-electron chi connectivity index (χ2n) is 8.16. The number of hydrogen-bond acceptors (Lipinski definition) is 4. The number of aliphatic imine (C=N–C) groups is 1. The van der Waals surface area contributed by atoms with Gasteiger partial charge in [0.15, 0.2) is 11.8 Å². The molecule has 166 valence electrons. The third-order valence-electron chi connectivity index (χ3n) is 5.43. The first kappa shape index (κ1) is 24.6. The quantitative estimate of drug-likeness (QED) is 0.235. The van der Waals surface area contributed by atoms with E-state index >= 15 is 0 Å². The first-order chi connectivity index (χ1) is 14.2. The van der Waals surface area contributed by atoms with Crippen molar-refractivity contribution in [3.8, 4) is 0 Å². The van der Waals surface area contributed by atoms with Crippen LogP contribution in [0, 0.1) is 5.92 Å². The van der Waals surface area contributed by atoms with Crippen molar-refractivity contribution in [3.05, 3.63) is 47.6 Å². The van der Waals surface area contributed by atoms with Gasteiger partial charge in [0, 0.05) is 38.5 Å². The van der Waals surface area contributed by atoms with Crippen LogP contribution in [0.2, 0.25) is 0 Å². The molecule has 30 heavy (non-hydrogen) atoms. The van der Waals surface area contributed by atoms with Gasteiger partial charge in [-0.1, -0.05) is 49.3 Å². The number of likely N-dealkylation sites (tertiary alicyclic amines) is 1. The highest BCUT2D eigenvalue weighted by atomic mass is 127. The highest BCUT2D eigenvalue weighted by molar-refractivity contribution is 14.0. The van der Waals surface area contributed by atoms with Crippen LogP contribution in [0.15, 0.2) is 39.8 Å². The van der Waals surface area contributed by atoms with Crippen LogP contribution in [0.25, 0.3) is 0 Å². The Balaban J connectivity index is 0.00000320. The van der Waals surface area contributed by atoms with Gasteiger partial charge in [0.1, 0.15) is 0 Å². The molecule has 0 saturated carbocycles. The Hall–Kier alpha value is -1.64. The number of benzene rings is 1. The minimum atomic E-state index is 0. The maximum absolute atomic E-state index is 5.32. The smallest absolute Gasteiger partial charge is 0.226 e. The molecule has 1 aliphatic rings. The number of halogens is 1. The van der Waals surface area contributed by atoms with Crippen LogP contribution < -0.4 is 5.32 Å². The maximum Gasteiger partial charge on any atom is 0.226 e. The van der Waals surface area contributed by atoms with E-state index in [4.69, 9.17) is 9.52 Å². The lowest BCUT2D eigenvalue weighted by molar-refractivity contribution is 0.259. The fourth-order valence-electron chi connectivity index (χ4n) is 3.74. The summed E-state index contributed by atoms with van der Waals surface area (Å²) in [6.07, 6.45) is 5.32. The molecule has 1 aromatic heterocycles. The van der Waals surface area contributed by atoms with Crippen molar-refractivity contribution in [2.24, 2.45) is 10.9 Å². The predicted molar refractivity (Wildman–Crippen MR) is 133 cm³/mol. The number of guanidine groups is 1. The lowest BCUT2D eigenvalue weighted by Gasteiger charge is -2.34. The van der Waals surface area contributed by atoms with Gasteiger partial charge in [-0.3, -0.25) is 4.99 Å². The van der Waals surface area contributed by atoms with Gasteiger partial charge in [-0.15, -0.1) is 24.0 Å². The summed E-state index contributed by atoms with van der Waals surface area (Å²) in [7, 11) is 0. The maximum atomic E-state index is 5.32. The van der Waals surface area contributed by atoms with Gasteiger partial charge >= 0.3 is 0 Å². The minimum Gasteiger partial charge on any atom is -0.357 e. The average Bonchev–Trinajstić information content (AvgIpc) is 3.21. The third-order valence-corrected chi connectivity index (χ3v) is 5.43. The highest BCUT2D eigenvalue weighted by Gasteiger charge is 2.21. The molecule has 7 heteroatoms. The number of rotatable bonds is 8. The first-order valence-corrected chi connectivity index (χ1v) is 11.0. The van der Waals surface area contributed by atoms with Crippen molar-refractivity contribution in [2.75, 3.05) is 26.2 Å². The number of aryl methyl sites for hydroxylation is 1. The summed E-state index contributed by atoms with van der Waals surface area (Å²) in [5, 5.41) is 7.49. The van der Waals surface area contributed by atoms with Crippen molar-refractivity contribution >= 4 is 29.9 Å². The van der Waals surface area contributed by atoms with Gasteiger partial charge in [0.05, 0.1) is 0 Å². The molecule has 2 aromatic rings. The highest BCUT2D eigenvalue weighted by Crippen LogP contribution is 2.21. The molecular weight excluding hydrogens is 489 g/mol. The number of nitrogens with zero attached hydrogens (tertiary/aromatic N) is 4. The Morgan fingerprint density at radius 1 is 1.23 bits per heavy atom. The topological polar surface area (TPSA) is 66.5 Å². The fraction of sp³-hybridized carbons (Fsp3) is 0.609. The summed E-state index contributed by atoms with van der Waals surface area (Å²) >= 11 is 0. The standard InChI is InChI=1S/C23H35N5O.HI/c1-4-24-23(25-14-8-11-21-26-22(18(2)3)27-29-21)28-15-12-20(13-16-28)17-19-9-6-5-7-10-19;/h5-7,9-10,18,20H,4,8,11-17H2,1-3H3,(H,24,25);1H. The predicted octanol–water partition coefficient (Wildman–Crippen LogP) is 4.66. The molecule has 0 radical (unpaired) electrons. The Labute approximate surface area is 197 Å². The summed E-state index contributed by atoms with van der Waals surface area (Å²) in [6.45, 7) is 10.1. The van der Waals surface area contributed by atoms with Gasteiger partial charge in [-0.05, 0) is 44.1 Å². The number of nitrogens with one attached hydrogen (secondary N) is 1. The van der Waals surface area contributed by atoms with Crippen molar-refractivity contribution in [3.63, 3.8) is 0 Å². The second kappa shape index (κ2) is 12.9. The molecular formula is C23H36IN5O. The molecule has 0 amide bonds. The van der Waals surface area contributed by atoms with E-state index in [9.17, 15) is 0 Å². The van der Waals surface area contributed by atoms with Gasteiger partial charge < -0.3 is 14.7 Å². The number of piperidine rings is 1. The van der Waals surface area contributed by atoms with E-state index in [1.807, 2.05) is 0 Å². The molecule has 1 aromatic carbocycles. The zero-order valence-corrected chi connectivity index (χ0v) is 20.8. The molecule has 1 aliphatic heterocycles. The Morgan fingerprint density at radius 3 is 2.60 bits per heavy atom. The van der Waals surface area contributed by atoms with Crippen LogP contribution in [-0.2, 0) is 12.8 Å². The largest absolute Gasteiger partial charge is 0.357 e. The summed E-state index contributed by atoms with van der Waals surface area (Å²) in [6, 6.07) is 10.8. The normalized spacial score (nSPS) is 15.3. The van der Waals surface area contributed by atoms with E-state index in [0.29, 0.717) is 5.92 Å². The summed E-state index contributed by atoms with van der Waals surface area (Å²) < 4.78 is 5.32. The molecule has 1 N–H and O–H groups in total. The molecule has 0 aliphatic carbocycles. The van der Waals surface area contributed by atoms with Crippen LogP contribution in [0.4, 0.5) is 0 Å². The van der Waals surface area contributed by atoms with E-state index < -0.39 is 0 Å². The third kappa shape index (κ3) is 7.56. The monoisotopic (exact) mass is 525 g/mol.